The number of hydrogen-bond donors (Lipinski definition) is 1. The average Bonchev–Trinajstić information content (AvgIpc) is 2.77. The fourth-order valence-corrected chi connectivity index (χ4v) is 3.67. The van der Waals surface area contributed by atoms with Gasteiger partial charge in [0.2, 0.25) is 11.8 Å². The van der Waals surface area contributed by atoms with Crippen LogP contribution in [-0.4, -0.2) is 32.6 Å². The van der Waals surface area contributed by atoms with Gasteiger partial charge in [-0.25, -0.2) is 0 Å². The Morgan fingerprint density at radius 2 is 1.69 bits per heavy atom. The maximum absolute atomic E-state index is 12.9. The Morgan fingerprint density at radius 3 is 2.24 bits per heavy atom. The molecule has 0 radical (unpaired) electrons. The lowest BCUT2D eigenvalue weighted by Gasteiger charge is -2.40. The Hall–Kier alpha value is -3.46. The van der Waals surface area contributed by atoms with E-state index >= 15 is 0 Å². The summed E-state index contributed by atoms with van der Waals surface area (Å²) in [5.74, 6) is 3.23. The number of terminal acetylenes is 1. The largest absolute Gasteiger partial charge is 0.497 e. The molecule has 6 nitrogen and oxygen atoms in total. The summed E-state index contributed by atoms with van der Waals surface area (Å²) in [7, 11) is 3.19. The molecule has 0 aliphatic carbocycles. The lowest BCUT2D eigenvalue weighted by molar-refractivity contribution is -0.129. The number of ether oxygens (including phenoxy) is 2. The van der Waals surface area contributed by atoms with Crippen LogP contribution in [0, 0.1) is 18.3 Å². The van der Waals surface area contributed by atoms with Crippen LogP contribution >= 0.6 is 0 Å². The second kappa shape index (κ2) is 9.16. The highest BCUT2D eigenvalue weighted by molar-refractivity contribution is 5.97. The normalized spacial score (nSPS) is 18.7. The van der Waals surface area contributed by atoms with E-state index in [4.69, 9.17) is 15.9 Å². The molecular weight excluding hydrogens is 368 g/mol. The minimum absolute atomic E-state index is 0.0306. The second-order valence-electron chi connectivity index (χ2n) is 6.75. The van der Waals surface area contributed by atoms with Crippen molar-refractivity contribution in [3.8, 4) is 23.8 Å². The Kier molecular flexibility index (Phi) is 6.40. The summed E-state index contributed by atoms with van der Waals surface area (Å²) in [5.41, 5.74) is 1.57. The molecule has 2 aromatic carbocycles. The van der Waals surface area contributed by atoms with Gasteiger partial charge in [0.05, 0.1) is 32.7 Å². The van der Waals surface area contributed by atoms with Crippen molar-refractivity contribution in [2.45, 2.75) is 18.9 Å². The maximum Gasteiger partial charge on any atom is 0.227 e. The van der Waals surface area contributed by atoms with Gasteiger partial charge in [-0.05, 0) is 48.4 Å². The van der Waals surface area contributed by atoms with Gasteiger partial charge in [-0.15, -0.1) is 6.42 Å². The van der Waals surface area contributed by atoms with Gasteiger partial charge in [0.1, 0.15) is 11.5 Å². The fraction of sp³-hybridized carbons (Fsp3) is 0.304. The molecule has 2 amide bonds. The number of benzene rings is 2. The van der Waals surface area contributed by atoms with E-state index in [-0.39, 0.29) is 24.8 Å². The predicted octanol–water partition coefficient (Wildman–Crippen LogP) is 2.94. The van der Waals surface area contributed by atoms with E-state index in [2.05, 4.69) is 11.2 Å². The number of piperidine rings is 1. The molecule has 1 fully saturated rings. The van der Waals surface area contributed by atoms with Crippen molar-refractivity contribution in [3.63, 3.8) is 0 Å². The van der Waals surface area contributed by atoms with E-state index in [1.807, 2.05) is 36.4 Å². The van der Waals surface area contributed by atoms with Crippen LogP contribution in [0.1, 0.15) is 24.4 Å². The second-order valence-corrected chi connectivity index (χ2v) is 6.75. The highest BCUT2D eigenvalue weighted by Crippen LogP contribution is 2.40. The average molecular weight is 392 g/mol. The smallest absolute Gasteiger partial charge is 0.227 e. The molecule has 2 atom stereocenters. The van der Waals surface area contributed by atoms with E-state index in [0.29, 0.717) is 23.6 Å². The molecule has 0 spiro atoms. The van der Waals surface area contributed by atoms with Gasteiger partial charge in [-0.3, -0.25) is 9.59 Å². The SMILES string of the molecule is C#CCNC(=O)C1CCC(=O)N(c2ccc(OC)cc2)C1c1ccc(OC)cc1. The van der Waals surface area contributed by atoms with Gasteiger partial charge >= 0.3 is 0 Å². The van der Waals surface area contributed by atoms with Crippen LogP contribution < -0.4 is 19.7 Å². The highest BCUT2D eigenvalue weighted by Gasteiger charge is 2.41. The van der Waals surface area contributed by atoms with Crippen LogP contribution in [-0.2, 0) is 9.59 Å². The van der Waals surface area contributed by atoms with Crippen LogP contribution in [0.4, 0.5) is 5.69 Å². The van der Waals surface area contributed by atoms with E-state index in [1.54, 1.807) is 31.3 Å². The van der Waals surface area contributed by atoms with Gasteiger partial charge in [0.25, 0.3) is 0 Å². The highest BCUT2D eigenvalue weighted by atomic mass is 16.5. The van der Waals surface area contributed by atoms with Crippen LogP contribution in [0.3, 0.4) is 0 Å². The molecule has 1 saturated heterocycles. The van der Waals surface area contributed by atoms with Gasteiger partial charge in [0.15, 0.2) is 0 Å². The molecular formula is C23H24N2O4. The van der Waals surface area contributed by atoms with Crippen LogP contribution in [0.5, 0.6) is 11.5 Å². The van der Waals surface area contributed by atoms with Crippen molar-refractivity contribution in [3.05, 3.63) is 54.1 Å². The third kappa shape index (κ3) is 4.35. The van der Waals surface area contributed by atoms with E-state index in [1.165, 1.54) is 0 Å². The third-order valence-corrected chi connectivity index (χ3v) is 5.11. The van der Waals surface area contributed by atoms with Crippen molar-refractivity contribution in [1.29, 1.82) is 0 Å². The summed E-state index contributed by atoms with van der Waals surface area (Å²) in [6.45, 7) is 0.154. The van der Waals surface area contributed by atoms with Crippen molar-refractivity contribution < 1.29 is 19.1 Å². The lowest BCUT2D eigenvalue weighted by atomic mass is 9.83. The van der Waals surface area contributed by atoms with Crippen LogP contribution in [0.25, 0.3) is 0 Å². The summed E-state index contributed by atoms with van der Waals surface area (Å²) >= 11 is 0. The number of methoxy groups -OCH3 is 2. The van der Waals surface area contributed by atoms with Gasteiger partial charge in [-0.2, -0.15) is 0 Å². The zero-order valence-electron chi connectivity index (χ0n) is 16.6. The number of anilines is 1. The first-order chi connectivity index (χ1) is 14.1. The molecule has 3 rings (SSSR count). The monoisotopic (exact) mass is 392 g/mol. The number of hydrogen-bond acceptors (Lipinski definition) is 4. The summed E-state index contributed by atoms with van der Waals surface area (Å²) in [6, 6.07) is 14.2. The van der Waals surface area contributed by atoms with E-state index in [9.17, 15) is 9.59 Å². The number of amides is 2. The summed E-state index contributed by atoms with van der Waals surface area (Å²) in [5, 5.41) is 2.77. The molecule has 2 aromatic rings. The van der Waals surface area contributed by atoms with Crippen LogP contribution in [0.2, 0.25) is 0 Å². The summed E-state index contributed by atoms with van der Waals surface area (Å²) < 4.78 is 10.5. The zero-order chi connectivity index (χ0) is 20.8. The van der Waals surface area contributed by atoms with Gasteiger partial charge in [-0.1, -0.05) is 18.1 Å². The summed E-state index contributed by atoms with van der Waals surface area (Å²) in [4.78, 5) is 27.5. The third-order valence-electron chi connectivity index (χ3n) is 5.11. The van der Waals surface area contributed by atoms with Gasteiger partial charge < -0.3 is 19.7 Å². The molecule has 6 heteroatoms. The fourth-order valence-electron chi connectivity index (χ4n) is 3.67. The molecule has 1 heterocycles. The Labute approximate surface area is 170 Å². The number of rotatable bonds is 6. The Bertz CT molecular complexity index is 900. The molecule has 29 heavy (non-hydrogen) atoms. The quantitative estimate of drug-likeness (QED) is 0.768. The van der Waals surface area contributed by atoms with E-state index < -0.39 is 12.0 Å². The minimum atomic E-state index is -0.451. The molecule has 1 aliphatic heterocycles. The summed E-state index contributed by atoms with van der Waals surface area (Å²) in [6.07, 6.45) is 6.04. The number of carbonyl (C=O) groups is 2. The maximum atomic E-state index is 12.9. The molecule has 0 aromatic heterocycles. The van der Waals surface area contributed by atoms with Crippen LogP contribution in [0.15, 0.2) is 48.5 Å². The number of nitrogens with one attached hydrogen (secondary N) is 1. The topological polar surface area (TPSA) is 67.9 Å². The Morgan fingerprint density at radius 1 is 1.10 bits per heavy atom. The first-order valence-electron chi connectivity index (χ1n) is 9.40. The van der Waals surface area contributed by atoms with Crippen molar-refractivity contribution in [2.75, 3.05) is 25.7 Å². The number of carbonyl (C=O) groups excluding carboxylic acids is 2. The Balaban J connectivity index is 2.04. The molecule has 0 bridgehead atoms. The van der Waals surface area contributed by atoms with Crippen molar-refractivity contribution >= 4 is 17.5 Å². The van der Waals surface area contributed by atoms with Gasteiger partial charge in [0, 0.05) is 12.1 Å². The molecule has 0 saturated carbocycles. The van der Waals surface area contributed by atoms with Crippen molar-refractivity contribution in [1.82, 2.24) is 5.32 Å². The number of nitrogens with zero attached hydrogens (tertiary/aromatic N) is 1. The lowest BCUT2D eigenvalue weighted by Crippen LogP contribution is -2.48. The minimum Gasteiger partial charge on any atom is -0.497 e. The zero-order valence-corrected chi connectivity index (χ0v) is 16.6. The first-order valence-corrected chi connectivity index (χ1v) is 9.40. The molecule has 1 aliphatic rings. The molecule has 150 valence electrons. The van der Waals surface area contributed by atoms with Crippen molar-refractivity contribution in [2.24, 2.45) is 5.92 Å². The standard InChI is InChI=1S/C23H24N2O4/c1-4-15-24-23(27)20-13-14-21(26)25(17-7-11-19(29-3)12-8-17)22(20)16-5-9-18(28-2)10-6-16/h1,5-12,20,22H,13-15H2,2-3H3,(H,24,27). The predicted molar refractivity (Wildman–Crippen MR) is 111 cm³/mol. The molecule has 1 N–H and O–H groups in total. The molecule has 2 unspecified atom stereocenters. The first kappa shape index (κ1) is 20.3. The van der Waals surface area contributed by atoms with E-state index in [0.717, 1.165) is 5.56 Å².